The lowest BCUT2D eigenvalue weighted by Crippen LogP contribution is -2.45. The molecule has 1 heterocycles. The molecule has 0 spiro atoms. The van der Waals surface area contributed by atoms with E-state index < -0.39 is 28.4 Å². The van der Waals surface area contributed by atoms with E-state index in [-0.39, 0.29) is 18.0 Å². The molecule has 108 valence electrons. The van der Waals surface area contributed by atoms with Crippen LogP contribution in [0.3, 0.4) is 0 Å². The van der Waals surface area contributed by atoms with Crippen molar-refractivity contribution in [3.63, 3.8) is 0 Å². The van der Waals surface area contributed by atoms with Crippen LogP contribution in [0.4, 0.5) is 10.1 Å². The number of nitrogens with zero attached hydrogens (tertiary/aromatic N) is 2. The van der Waals surface area contributed by atoms with Gasteiger partial charge in [-0.25, -0.2) is 4.39 Å². The van der Waals surface area contributed by atoms with Crippen LogP contribution in [0.1, 0.15) is 23.7 Å². The van der Waals surface area contributed by atoms with Crippen molar-refractivity contribution < 1.29 is 19.2 Å². The molecule has 0 aliphatic carbocycles. The number of benzene rings is 1. The van der Waals surface area contributed by atoms with Gasteiger partial charge in [-0.2, -0.15) is 0 Å². The highest BCUT2D eigenvalue weighted by molar-refractivity contribution is 5.98. The summed E-state index contributed by atoms with van der Waals surface area (Å²) >= 11 is 0. The summed E-state index contributed by atoms with van der Waals surface area (Å²) in [5.41, 5.74) is -0.707. The van der Waals surface area contributed by atoms with Crippen molar-refractivity contribution in [2.24, 2.45) is 5.92 Å². The van der Waals surface area contributed by atoms with E-state index in [9.17, 15) is 24.4 Å². The van der Waals surface area contributed by atoms with Crippen LogP contribution in [0.5, 0.6) is 0 Å². The number of β-amino-alcohol motifs (C(OH)–C–C–N with tert-alkyl or cyclic N) is 1. The molecule has 1 saturated heterocycles. The maximum absolute atomic E-state index is 13.1. The number of likely N-dealkylation sites (tertiary alicyclic amines) is 1. The van der Waals surface area contributed by atoms with E-state index in [1.54, 1.807) is 0 Å². The molecule has 1 aliphatic heterocycles. The van der Waals surface area contributed by atoms with Gasteiger partial charge in [-0.1, -0.05) is 6.92 Å². The molecule has 1 amide bonds. The number of nitro benzene ring substituents is 1. The van der Waals surface area contributed by atoms with Crippen molar-refractivity contribution in [3.8, 4) is 0 Å². The van der Waals surface area contributed by atoms with E-state index >= 15 is 0 Å². The first-order valence-corrected chi connectivity index (χ1v) is 6.31. The zero-order chi connectivity index (χ0) is 14.9. The zero-order valence-electron chi connectivity index (χ0n) is 11.0. The molecule has 2 rings (SSSR count). The second kappa shape index (κ2) is 5.54. The smallest absolute Gasteiger partial charge is 0.285 e. The molecule has 1 aromatic rings. The van der Waals surface area contributed by atoms with Gasteiger partial charge < -0.3 is 10.0 Å². The van der Waals surface area contributed by atoms with Crippen LogP contribution in [0.2, 0.25) is 0 Å². The van der Waals surface area contributed by atoms with E-state index in [2.05, 4.69) is 0 Å². The van der Waals surface area contributed by atoms with Crippen LogP contribution in [-0.2, 0) is 0 Å². The van der Waals surface area contributed by atoms with Gasteiger partial charge in [-0.15, -0.1) is 0 Å². The van der Waals surface area contributed by atoms with E-state index in [0.29, 0.717) is 13.0 Å². The monoisotopic (exact) mass is 282 g/mol. The average molecular weight is 282 g/mol. The highest BCUT2D eigenvalue weighted by Gasteiger charge is 2.31. The van der Waals surface area contributed by atoms with Crippen molar-refractivity contribution >= 4 is 11.6 Å². The van der Waals surface area contributed by atoms with Gasteiger partial charge in [0.15, 0.2) is 0 Å². The Kier molecular flexibility index (Phi) is 3.99. The number of piperidine rings is 1. The van der Waals surface area contributed by atoms with E-state index in [1.165, 1.54) is 4.90 Å². The van der Waals surface area contributed by atoms with E-state index in [1.807, 2.05) is 6.92 Å². The molecule has 1 fully saturated rings. The number of carbonyl (C=O) groups is 1. The lowest BCUT2D eigenvalue weighted by atomic mass is 9.95. The standard InChI is InChI=1S/C13H15FN2O4/c1-8-4-5-15(7-12(8)17)13(18)10-3-2-9(14)6-11(10)16(19)20/h2-3,6,8,12,17H,4-5,7H2,1H3. The normalized spacial score (nSPS) is 22.6. The summed E-state index contributed by atoms with van der Waals surface area (Å²) in [5, 5.41) is 20.7. The number of hydrogen-bond donors (Lipinski definition) is 1. The summed E-state index contributed by atoms with van der Waals surface area (Å²) in [5.74, 6) is -1.23. The van der Waals surface area contributed by atoms with Gasteiger partial charge in [0.05, 0.1) is 17.1 Å². The first-order valence-electron chi connectivity index (χ1n) is 6.31. The van der Waals surface area contributed by atoms with Crippen LogP contribution in [-0.4, -0.2) is 40.0 Å². The summed E-state index contributed by atoms with van der Waals surface area (Å²) in [6, 6.07) is 2.86. The number of carbonyl (C=O) groups excluding carboxylic acids is 1. The Labute approximate surface area is 115 Å². The van der Waals surface area contributed by atoms with Crippen LogP contribution in [0, 0.1) is 21.8 Å². The predicted molar refractivity (Wildman–Crippen MR) is 68.7 cm³/mol. The Hall–Kier alpha value is -2.02. The first-order chi connectivity index (χ1) is 9.40. The third-order valence-electron chi connectivity index (χ3n) is 3.59. The molecule has 0 bridgehead atoms. The minimum Gasteiger partial charge on any atom is -0.391 e. The van der Waals surface area contributed by atoms with Crippen molar-refractivity contribution in [2.75, 3.05) is 13.1 Å². The molecule has 1 aliphatic rings. The van der Waals surface area contributed by atoms with Gasteiger partial charge in [-0.3, -0.25) is 14.9 Å². The van der Waals surface area contributed by atoms with Gasteiger partial charge in [-0.05, 0) is 24.5 Å². The second-order valence-electron chi connectivity index (χ2n) is 5.00. The third-order valence-corrected chi connectivity index (χ3v) is 3.59. The summed E-state index contributed by atoms with van der Waals surface area (Å²) in [6.07, 6.45) is -0.0192. The van der Waals surface area contributed by atoms with E-state index in [0.717, 1.165) is 18.2 Å². The quantitative estimate of drug-likeness (QED) is 0.659. The van der Waals surface area contributed by atoms with Crippen LogP contribution >= 0.6 is 0 Å². The molecule has 2 unspecified atom stereocenters. The van der Waals surface area contributed by atoms with Crippen LogP contribution in [0.15, 0.2) is 18.2 Å². The summed E-state index contributed by atoms with van der Waals surface area (Å²) in [6.45, 7) is 2.44. The molecular weight excluding hydrogens is 267 g/mol. The lowest BCUT2D eigenvalue weighted by molar-refractivity contribution is -0.385. The largest absolute Gasteiger partial charge is 0.391 e. The molecule has 1 aromatic carbocycles. The maximum atomic E-state index is 13.1. The SMILES string of the molecule is CC1CCN(C(=O)c2ccc(F)cc2[N+](=O)[O-])CC1O. The van der Waals surface area contributed by atoms with Gasteiger partial charge in [0.2, 0.25) is 0 Å². The van der Waals surface area contributed by atoms with Gasteiger partial charge in [0.25, 0.3) is 11.6 Å². The van der Waals surface area contributed by atoms with Crippen molar-refractivity contribution in [2.45, 2.75) is 19.4 Å². The molecule has 0 saturated carbocycles. The average Bonchev–Trinajstić information content (AvgIpc) is 2.41. The van der Waals surface area contributed by atoms with Crippen molar-refractivity contribution in [1.29, 1.82) is 0 Å². The third kappa shape index (κ3) is 2.77. The van der Waals surface area contributed by atoms with Gasteiger partial charge in [0.1, 0.15) is 11.4 Å². The summed E-state index contributed by atoms with van der Waals surface area (Å²) in [7, 11) is 0. The molecule has 7 heteroatoms. The topological polar surface area (TPSA) is 83.7 Å². The lowest BCUT2D eigenvalue weighted by Gasteiger charge is -2.34. The minimum absolute atomic E-state index is 0.0854. The van der Waals surface area contributed by atoms with Crippen molar-refractivity contribution in [1.82, 2.24) is 4.90 Å². The van der Waals surface area contributed by atoms with Crippen LogP contribution in [0.25, 0.3) is 0 Å². The van der Waals surface area contributed by atoms with Gasteiger partial charge >= 0.3 is 0 Å². The number of rotatable bonds is 2. The van der Waals surface area contributed by atoms with E-state index in [4.69, 9.17) is 0 Å². The highest BCUT2D eigenvalue weighted by Crippen LogP contribution is 2.24. The number of nitro groups is 1. The maximum Gasteiger partial charge on any atom is 0.285 e. The number of amides is 1. The Morgan fingerprint density at radius 3 is 2.85 bits per heavy atom. The predicted octanol–water partition coefficient (Wildman–Crippen LogP) is 1.58. The Morgan fingerprint density at radius 1 is 1.55 bits per heavy atom. The Bertz CT molecular complexity index is 549. The van der Waals surface area contributed by atoms with Gasteiger partial charge in [0, 0.05) is 13.1 Å². The molecular formula is C13H15FN2O4. The zero-order valence-corrected chi connectivity index (χ0v) is 11.0. The fraction of sp³-hybridized carbons (Fsp3) is 0.462. The fourth-order valence-corrected chi connectivity index (χ4v) is 2.24. The molecule has 2 atom stereocenters. The number of hydrogen-bond acceptors (Lipinski definition) is 4. The summed E-state index contributed by atoms with van der Waals surface area (Å²) in [4.78, 5) is 23.8. The minimum atomic E-state index is -0.778. The van der Waals surface area contributed by atoms with Crippen LogP contribution < -0.4 is 0 Å². The second-order valence-corrected chi connectivity index (χ2v) is 5.00. The number of halogens is 1. The Balaban J connectivity index is 2.27. The summed E-state index contributed by atoms with van der Waals surface area (Å²) < 4.78 is 13.1. The molecule has 0 radical (unpaired) electrons. The molecule has 1 N–H and O–H groups in total. The molecule has 6 nitrogen and oxygen atoms in total. The number of aliphatic hydroxyl groups is 1. The fourth-order valence-electron chi connectivity index (χ4n) is 2.24. The molecule has 20 heavy (non-hydrogen) atoms. The highest BCUT2D eigenvalue weighted by atomic mass is 19.1. The molecule has 0 aromatic heterocycles. The van der Waals surface area contributed by atoms with Crippen molar-refractivity contribution in [3.05, 3.63) is 39.7 Å². The Morgan fingerprint density at radius 2 is 2.25 bits per heavy atom. The number of aliphatic hydroxyl groups excluding tert-OH is 1. The first kappa shape index (κ1) is 14.4.